The van der Waals surface area contributed by atoms with E-state index in [9.17, 15) is 0 Å². The second-order valence-electron chi connectivity index (χ2n) is 6.34. The Morgan fingerprint density at radius 1 is 1.45 bits per heavy atom. The summed E-state index contributed by atoms with van der Waals surface area (Å²) in [6.07, 6.45) is 4.49. The molecule has 2 aliphatic rings. The zero-order valence-corrected chi connectivity index (χ0v) is 11.8. The van der Waals surface area contributed by atoms with Crippen LogP contribution < -0.4 is 0 Å². The summed E-state index contributed by atoms with van der Waals surface area (Å²) < 4.78 is 0. The van der Waals surface area contributed by atoms with Crippen LogP contribution in [0.2, 0.25) is 0 Å². The number of piperidine rings is 1. The quantitative estimate of drug-likeness (QED) is 0.787. The molecule has 1 aromatic heterocycles. The third kappa shape index (κ3) is 1.61. The van der Waals surface area contributed by atoms with Gasteiger partial charge in [-0.15, -0.1) is 0 Å². The molecule has 20 heavy (non-hydrogen) atoms. The van der Waals surface area contributed by atoms with Gasteiger partial charge in [-0.3, -0.25) is 0 Å². The predicted octanol–water partition coefficient (Wildman–Crippen LogP) is 3.05. The molecule has 4 rings (SSSR count). The maximum atomic E-state index is 7.15. The van der Waals surface area contributed by atoms with E-state index in [4.69, 9.17) is 6.57 Å². The minimum atomic E-state index is 0.523. The summed E-state index contributed by atoms with van der Waals surface area (Å²) in [7, 11) is 2.23. The molecule has 0 saturated carbocycles. The molecule has 1 aliphatic heterocycles. The monoisotopic (exact) mass is 265 g/mol. The maximum Gasteiger partial charge on any atom is 0.218 e. The van der Waals surface area contributed by atoms with Gasteiger partial charge in [0.1, 0.15) is 0 Å². The first kappa shape index (κ1) is 12.0. The van der Waals surface area contributed by atoms with Crippen molar-refractivity contribution in [2.45, 2.75) is 24.8 Å². The maximum absolute atomic E-state index is 7.15. The Morgan fingerprint density at radius 3 is 3.20 bits per heavy atom. The number of likely N-dealkylation sites (tertiary alicyclic amines) is 1. The van der Waals surface area contributed by atoms with Crippen LogP contribution in [0.5, 0.6) is 0 Å². The lowest BCUT2D eigenvalue weighted by Crippen LogP contribution is -2.48. The van der Waals surface area contributed by atoms with Crippen molar-refractivity contribution in [1.29, 1.82) is 0 Å². The number of hydrogen-bond donors (Lipinski definition) is 1. The van der Waals surface area contributed by atoms with Gasteiger partial charge in [0.25, 0.3) is 0 Å². The topological polar surface area (TPSA) is 23.4 Å². The van der Waals surface area contributed by atoms with Gasteiger partial charge >= 0.3 is 0 Å². The molecule has 3 heteroatoms. The Labute approximate surface area is 119 Å². The van der Waals surface area contributed by atoms with E-state index in [0.29, 0.717) is 24.4 Å². The fourth-order valence-electron chi connectivity index (χ4n) is 4.32. The minimum Gasteiger partial charge on any atom is -0.361 e. The first-order chi connectivity index (χ1) is 9.78. The predicted molar refractivity (Wildman–Crippen MR) is 80.7 cm³/mol. The second-order valence-corrected chi connectivity index (χ2v) is 6.34. The van der Waals surface area contributed by atoms with Crippen molar-refractivity contribution in [3.8, 4) is 0 Å². The van der Waals surface area contributed by atoms with Gasteiger partial charge in [0.2, 0.25) is 6.54 Å². The molecule has 1 aromatic carbocycles. The van der Waals surface area contributed by atoms with E-state index in [2.05, 4.69) is 46.2 Å². The average Bonchev–Trinajstić information content (AvgIpc) is 2.86. The Balaban J connectivity index is 1.81. The van der Waals surface area contributed by atoms with Crippen LogP contribution in [0.4, 0.5) is 0 Å². The summed E-state index contributed by atoms with van der Waals surface area (Å²) in [5.74, 6) is 1.11. The number of rotatable bonds is 1. The summed E-state index contributed by atoms with van der Waals surface area (Å²) in [5, 5.41) is 1.45. The van der Waals surface area contributed by atoms with Crippen LogP contribution in [0, 0.1) is 12.5 Å². The van der Waals surface area contributed by atoms with Crippen LogP contribution in [-0.2, 0) is 6.42 Å². The molecule has 0 spiro atoms. The standard InChI is InChI=1S/C17H19N3/c1-18-8-11-6-14-13-4-3-5-15-17(13)12(9-19-15)7-16(14)20(2)10-11/h3-5,9,11,14,16,19H,6-8,10H2,2H3/t11?,14-,16-/m1/s1. The second kappa shape index (κ2) is 4.36. The Hall–Kier alpha value is -1.79. The zero-order valence-electron chi connectivity index (χ0n) is 11.8. The van der Waals surface area contributed by atoms with E-state index in [-0.39, 0.29) is 0 Å². The van der Waals surface area contributed by atoms with Crippen molar-refractivity contribution in [3.05, 3.63) is 46.9 Å². The Kier molecular flexibility index (Phi) is 2.61. The smallest absolute Gasteiger partial charge is 0.218 e. The van der Waals surface area contributed by atoms with Gasteiger partial charge in [-0.05, 0) is 37.1 Å². The lowest BCUT2D eigenvalue weighted by Gasteiger charge is -2.44. The fraction of sp³-hybridized carbons (Fsp3) is 0.471. The van der Waals surface area contributed by atoms with Crippen molar-refractivity contribution < 1.29 is 0 Å². The number of fused-ring (bicyclic) bond motifs is 2. The molecule has 0 radical (unpaired) electrons. The molecule has 1 N–H and O–H groups in total. The highest BCUT2D eigenvalue weighted by Gasteiger charge is 2.40. The molecule has 0 bridgehead atoms. The number of aromatic nitrogens is 1. The average molecular weight is 265 g/mol. The van der Waals surface area contributed by atoms with Crippen molar-refractivity contribution in [1.82, 2.24) is 9.88 Å². The molecule has 1 saturated heterocycles. The molecule has 2 aromatic rings. The lowest BCUT2D eigenvalue weighted by atomic mass is 9.72. The van der Waals surface area contributed by atoms with Crippen molar-refractivity contribution in [2.75, 3.05) is 20.1 Å². The Morgan fingerprint density at radius 2 is 2.35 bits per heavy atom. The highest BCUT2D eigenvalue weighted by Crippen LogP contribution is 2.44. The molecule has 1 fully saturated rings. The zero-order chi connectivity index (χ0) is 13.7. The van der Waals surface area contributed by atoms with Crippen LogP contribution in [0.3, 0.4) is 0 Å². The van der Waals surface area contributed by atoms with E-state index >= 15 is 0 Å². The molecule has 1 unspecified atom stereocenters. The van der Waals surface area contributed by atoms with Crippen molar-refractivity contribution in [3.63, 3.8) is 0 Å². The van der Waals surface area contributed by atoms with Gasteiger partial charge in [-0.1, -0.05) is 12.1 Å². The van der Waals surface area contributed by atoms with Crippen LogP contribution in [-0.4, -0.2) is 36.1 Å². The van der Waals surface area contributed by atoms with E-state index in [1.54, 1.807) is 0 Å². The van der Waals surface area contributed by atoms with Crippen LogP contribution >= 0.6 is 0 Å². The highest BCUT2D eigenvalue weighted by molar-refractivity contribution is 5.88. The van der Waals surface area contributed by atoms with Crippen molar-refractivity contribution >= 4 is 10.9 Å². The summed E-state index contributed by atoms with van der Waals surface area (Å²) in [5.41, 5.74) is 4.23. The number of likely N-dealkylation sites (N-methyl/N-ethyl adjacent to an activating group) is 1. The van der Waals surface area contributed by atoms with E-state index in [1.165, 1.54) is 28.5 Å². The van der Waals surface area contributed by atoms with Crippen molar-refractivity contribution in [2.24, 2.45) is 5.92 Å². The van der Waals surface area contributed by atoms with Crippen LogP contribution in [0.15, 0.2) is 24.4 Å². The number of H-pyrrole nitrogens is 1. The largest absolute Gasteiger partial charge is 0.361 e. The lowest BCUT2D eigenvalue weighted by molar-refractivity contribution is 0.118. The first-order valence-electron chi connectivity index (χ1n) is 7.40. The molecule has 2 heterocycles. The Bertz CT molecular complexity index is 694. The molecular formula is C17H19N3. The van der Waals surface area contributed by atoms with E-state index < -0.39 is 0 Å². The number of benzene rings is 1. The van der Waals surface area contributed by atoms with Gasteiger partial charge in [0, 0.05) is 41.5 Å². The highest BCUT2D eigenvalue weighted by atomic mass is 15.1. The summed E-state index contributed by atoms with van der Waals surface area (Å²) in [6.45, 7) is 8.88. The number of aromatic amines is 1. The molecule has 3 atom stereocenters. The van der Waals surface area contributed by atoms with Gasteiger partial charge < -0.3 is 14.7 Å². The van der Waals surface area contributed by atoms with E-state index in [1.807, 2.05) is 0 Å². The van der Waals surface area contributed by atoms with Gasteiger partial charge in [0.05, 0.1) is 0 Å². The third-order valence-corrected chi connectivity index (χ3v) is 5.16. The number of nitrogens with one attached hydrogen (secondary N) is 1. The van der Waals surface area contributed by atoms with Crippen LogP contribution in [0.1, 0.15) is 23.5 Å². The third-order valence-electron chi connectivity index (χ3n) is 5.16. The summed E-state index contributed by atoms with van der Waals surface area (Å²) in [6, 6.07) is 7.24. The SMILES string of the molecule is [C-]#[N+]CC1C[C@@H]2c3cccc4[nH]cc(c34)C[C@H]2N(C)C1. The molecule has 3 nitrogen and oxygen atoms in total. The first-order valence-corrected chi connectivity index (χ1v) is 7.40. The fourth-order valence-corrected chi connectivity index (χ4v) is 4.32. The molecule has 1 aliphatic carbocycles. The summed E-state index contributed by atoms with van der Waals surface area (Å²) in [4.78, 5) is 9.53. The van der Waals surface area contributed by atoms with Gasteiger partial charge in [-0.2, -0.15) is 0 Å². The minimum absolute atomic E-state index is 0.523. The van der Waals surface area contributed by atoms with Gasteiger partial charge in [-0.25, -0.2) is 6.57 Å². The number of hydrogen-bond acceptors (Lipinski definition) is 1. The van der Waals surface area contributed by atoms with Gasteiger partial charge in [0.15, 0.2) is 0 Å². The van der Waals surface area contributed by atoms with E-state index in [0.717, 1.165) is 13.0 Å². The molecule has 0 amide bonds. The molecular weight excluding hydrogens is 246 g/mol. The number of nitrogens with zero attached hydrogens (tertiary/aromatic N) is 2. The summed E-state index contributed by atoms with van der Waals surface area (Å²) >= 11 is 0. The van der Waals surface area contributed by atoms with Crippen LogP contribution in [0.25, 0.3) is 15.7 Å². The molecule has 102 valence electrons. The normalized spacial score (nSPS) is 29.1.